The number of carbonyl (C=O) groups excluding carboxylic acids is 1. The van der Waals surface area contributed by atoms with Crippen LogP contribution in [0.4, 0.5) is 18.9 Å². The number of halogens is 3. The lowest BCUT2D eigenvalue weighted by molar-refractivity contribution is -0.137. The third-order valence-corrected chi connectivity index (χ3v) is 2.50. The van der Waals surface area contributed by atoms with Crippen LogP contribution in [0.3, 0.4) is 0 Å². The Labute approximate surface area is 89.6 Å². The molecule has 86 valence electrons. The third kappa shape index (κ3) is 1.65. The fourth-order valence-electron chi connectivity index (χ4n) is 1.72. The van der Waals surface area contributed by atoms with Gasteiger partial charge in [-0.25, -0.2) is 0 Å². The minimum atomic E-state index is -4.39. The van der Waals surface area contributed by atoms with Crippen molar-refractivity contribution < 1.29 is 18.0 Å². The maximum atomic E-state index is 12.5. The van der Waals surface area contributed by atoms with E-state index in [1.165, 1.54) is 13.1 Å². The quantitative estimate of drug-likeness (QED) is 0.773. The normalized spacial score (nSPS) is 19.5. The fourth-order valence-corrected chi connectivity index (χ4v) is 1.72. The van der Waals surface area contributed by atoms with E-state index in [9.17, 15) is 18.0 Å². The van der Waals surface area contributed by atoms with Gasteiger partial charge < -0.3 is 10.6 Å². The molecule has 1 heterocycles. The smallest absolute Gasteiger partial charge is 0.324 e. The second-order valence-electron chi connectivity index (χ2n) is 3.51. The molecule has 1 unspecified atom stereocenters. The number of amides is 1. The lowest BCUT2D eigenvalue weighted by atomic mass is 10.0. The standard InChI is InChI=1S/C10H9F3N2O/c1-14-8-6-4-5(10(11,12)13)2-3-7(6)15-9(8)16/h2-4,8,14H,1H3,(H,15,16). The van der Waals surface area contributed by atoms with Crippen LogP contribution < -0.4 is 10.6 Å². The summed E-state index contributed by atoms with van der Waals surface area (Å²) in [6, 6.07) is 2.51. The third-order valence-electron chi connectivity index (χ3n) is 2.50. The number of alkyl halides is 3. The monoisotopic (exact) mass is 230 g/mol. The highest BCUT2D eigenvalue weighted by Crippen LogP contribution is 2.36. The Morgan fingerprint density at radius 3 is 2.62 bits per heavy atom. The SMILES string of the molecule is CNC1C(=O)Nc2ccc(C(F)(F)F)cc21. The van der Waals surface area contributed by atoms with Crippen LogP contribution in [0.1, 0.15) is 17.2 Å². The van der Waals surface area contributed by atoms with Gasteiger partial charge in [0.15, 0.2) is 0 Å². The molecule has 0 spiro atoms. The van der Waals surface area contributed by atoms with Gasteiger partial charge in [-0.15, -0.1) is 0 Å². The first-order valence-electron chi connectivity index (χ1n) is 4.63. The molecular formula is C10H9F3N2O. The van der Waals surface area contributed by atoms with Crippen molar-refractivity contribution >= 4 is 11.6 Å². The summed E-state index contributed by atoms with van der Waals surface area (Å²) in [5.74, 6) is -0.336. The highest BCUT2D eigenvalue weighted by Gasteiger charge is 2.35. The second-order valence-corrected chi connectivity index (χ2v) is 3.51. The van der Waals surface area contributed by atoms with Crippen LogP contribution >= 0.6 is 0 Å². The Hall–Kier alpha value is -1.56. The van der Waals surface area contributed by atoms with Gasteiger partial charge in [0.1, 0.15) is 6.04 Å². The molecule has 0 fully saturated rings. The van der Waals surface area contributed by atoms with Crippen molar-refractivity contribution in [1.82, 2.24) is 5.32 Å². The Bertz CT molecular complexity index is 442. The molecule has 3 nitrogen and oxygen atoms in total. The summed E-state index contributed by atoms with van der Waals surface area (Å²) >= 11 is 0. The highest BCUT2D eigenvalue weighted by molar-refractivity contribution is 6.02. The zero-order chi connectivity index (χ0) is 11.9. The first-order valence-corrected chi connectivity index (χ1v) is 4.63. The number of benzene rings is 1. The number of likely N-dealkylation sites (N-methyl/N-ethyl adjacent to an activating group) is 1. The molecular weight excluding hydrogens is 221 g/mol. The zero-order valence-corrected chi connectivity index (χ0v) is 8.35. The van der Waals surface area contributed by atoms with Crippen molar-refractivity contribution in [2.24, 2.45) is 0 Å². The first-order chi connectivity index (χ1) is 7.43. The maximum absolute atomic E-state index is 12.5. The van der Waals surface area contributed by atoms with Crippen LogP contribution in [-0.4, -0.2) is 13.0 Å². The lowest BCUT2D eigenvalue weighted by Crippen LogP contribution is -2.23. The van der Waals surface area contributed by atoms with Crippen molar-refractivity contribution in [3.05, 3.63) is 29.3 Å². The largest absolute Gasteiger partial charge is 0.416 e. The molecule has 0 bridgehead atoms. The van der Waals surface area contributed by atoms with Gasteiger partial charge in [0, 0.05) is 11.3 Å². The number of rotatable bonds is 1. The molecule has 1 aliphatic rings. The number of nitrogens with one attached hydrogen (secondary N) is 2. The predicted octanol–water partition coefficient (Wildman–Crippen LogP) is 1.92. The van der Waals surface area contributed by atoms with Crippen LogP contribution in [0.25, 0.3) is 0 Å². The average molecular weight is 230 g/mol. The molecule has 1 atom stereocenters. The molecule has 0 radical (unpaired) electrons. The average Bonchev–Trinajstić information content (AvgIpc) is 2.50. The van der Waals surface area contributed by atoms with E-state index in [2.05, 4.69) is 10.6 Å². The van der Waals surface area contributed by atoms with E-state index < -0.39 is 17.8 Å². The highest BCUT2D eigenvalue weighted by atomic mass is 19.4. The fraction of sp³-hybridized carbons (Fsp3) is 0.300. The summed E-state index contributed by atoms with van der Waals surface area (Å²) in [5.41, 5.74) is 0.0164. The number of fused-ring (bicyclic) bond motifs is 1. The topological polar surface area (TPSA) is 41.1 Å². The molecule has 1 aromatic rings. The van der Waals surface area contributed by atoms with Gasteiger partial charge in [0.2, 0.25) is 5.91 Å². The summed E-state index contributed by atoms with van der Waals surface area (Å²) in [7, 11) is 1.53. The van der Waals surface area contributed by atoms with E-state index in [0.29, 0.717) is 11.3 Å². The van der Waals surface area contributed by atoms with Gasteiger partial charge in [-0.3, -0.25) is 4.79 Å². The van der Waals surface area contributed by atoms with Gasteiger partial charge in [0.05, 0.1) is 5.56 Å². The van der Waals surface area contributed by atoms with E-state index >= 15 is 0 Å². The Morgan fingerprint density at radius 1 is 1.38 bits per heavy atom. The molecule has 0 aliphatic carbocycles. The molecule has 2 N–H and O–H groups in total. The van der Waals surface area contributed by atoms with E-state index in [-0.39, 0.29) is 5.91 Å². The summed E-state index contributed by atoms with van der Waals surface area (Å²) in [6.45, 7) is 0. The molecule has 6 heteroatoms. The van der Waals surface area contributed by atoms with Crippen LogP contribution in [0.5, 0.6) is 0 Å². The second kappa shape index (κ2) is 3.48. The van der Waals surface area contributed by atoms with Crippen LogP contribution in [0.2, 0.25) is 0 Å². The predicted molar refractivity (Wildman–Crippen MR) is 51.9 cm³/mol. The minimum absolute atomic E-state index is 0.335. The van der Waals surface area contributed by atoms with Crippen molar-refractivity contribution in [2.75, 3.05) is 12.4 Å². The summed E-state index contributed by atoms with van der Waals surface area (Å²) in [4.78, 5) is 11.4. The van der Waals surface area contributed by atoms with E-state index in [1.54, 1.807) is 0 Å². The van der Waals surface area contributed by atoms with Gasteiger partial charge in [0.25, 0.3) is 0 Å². The van der Waals surface area contributed by atoms with Crippen molar-refractivity contribution in [2.45, 2.75) is 12.2 Å². The minimum Gasteiger partial charge on any atom is -0.324 e. The summed E-state index contributed by atoms with van der Waals surface area (Å²) in [6.07, 6.45) is -4.39. The van der Waals surface area contributed by atoms with E-state index in [0.717, 1.165) is 12.1 Å². The summed E-state index contributed by atoms with van der Waals surface area (Å²) in [5, 5.41) is 5.18. The maximum Gasteiger partial charge on any atom is 0.416 e. The Morgan fingerprint density at radius 2 is 2.06 bits per heavy atom. The zero-order valence-electron chi connectivity index (χ0n) is 8.35. The van der Waals surface area contributed by atoms with E-state index in [1.807, 2.05) is 0 Å². The molecule has 0 saturated heterocycles. The van der Waals surface area contributed by atoms with Crippen molar-refractivity contribution in [3.63, 3.8) is 0 Å². The number of hydrogen-bond donors (Lipinski definition) is 2. The molecule has 16 heavy (non-hydrogen) atoms. The lowest BCUT2D eigenvalue weighted by Gasteiger charge is -2.10. The van der Waals surface area contributed by atoms with Gasteiger partial charge in [-0.05, 0) is 25.2 Å². The Kier molecular flexibility index (Phi) is 2.38. The molecule has 1 amide bonds. The Balaban J connectivity index is 2.47. The van der Waals surface area contributed by atoms with Crippen molar-refractivity contribution in [1.29, 1.82) is 0 Å². The number of anilines is 1. The van der Waals surface area contributed by atoms with E-state index in [4.69, 9.17) is 0 Å². The summed E-state index contributed by atoms with van der Waals surface area (Å²) < 4.78 is 37.4. The molecule has 1 aromatic carbocycles. The van der Waals surface area contributed by atoms with Gasteiger partial charge >= 0.3 is 6.18 Å². The number of carbonyl (C=O) groups is 1. The van der Waals surface area contributed by atoms with Crippen LogP contribution in [0.15, 0.2) is 18.2 Å². The first kappa shape index (κ1) is 10.9. The molecule has 1 aliphatic heterocycles. The van der Waals surface area contributed by atoms with Crippen LogP contribution in [0, 0.1) is 0 Å². The number of hydrogen-bond acceptors (Lipinski definition) is 2. The molecule has 2 rings (SSSR count). The van der Waals surface area contributed by atoms with Crippen LogP contribution in [-0.2, 0) is 11.0 Å². The van der Waals surface area contributed by atoms with Crippen molar-refractivity contribution in [3.8, 4) is 0 Å². The molecule has 0 aromatic heterocycles. The molecule has 0 saturated carbocycles. The van der Waals surface area contributed by atoms with Gasteiger partial charge in [-0.2, -0.15) is 13.2 Å². The van der Waals surface area contributed by atoms with Gasteiger partial charge in [-0.1, -0.05) is 0 Å².